The topological polar surface area (TPSA) is 46.6 Å². The summed E-state index contributed by atoms with van der Waals surface area (Å²) < 4.78 is 86.1. The molecule has 33 heavy (non-hydrogen) atoms. The number of hydrogen-bond donors (Lipinski definition) is 0. The zero-order valence-electron chi connectivity index (χ0n) is 17.6. The third-order valence-corrected chi connectivity index (χ3v) is 7.47. The standard InChI is InChI=1S/C24H21F4NO3S/c1-2-29(33(30,31)21-5-3-4-17(14-21)24(26,27)28)19-10-6-16-7-13-23(22(16)15-19)32-20-11-8-18(25)9-12-20/h3-6,8-12,14-15,23H,2,7,13H2,1H3. The molecule has 0 amide bonds. The van der Waals surface area contributed by atoms with Crippen LogP contribution in [0.3, 0.4) is 0 Å². The molecule has 0 fully saturated rings. The first-order valence-corrected chi connectivity index (χ1v) is 11.8. The van der Waals surface area contributed by atoms with E-state index in [0.29, 0.717) is 23.9 Å². The van der Waals surface area contributed by atoms with Crippen LogP contribution in [0.2, 0.25) is 0 Å². The minimum atomic E-state index is -4.65. The molecule has 9 heteroatoms. The van der Waals surface area contributed by atoms with Gasteiger partial charge in [0.05, 0.1) is 16.1 Å². The van der Waals surface area contributed by atoms with E-state index in [2.05, 4.69) is 0 Å². The van der Waals surface area contributed by atoms with Crippen LogP contribution in [0.15, 0.2) is 71.6 Å². The van der Waals surface area contributed by atoms with Crippen LogP contribution in [-0.2, 0) is 22.6 Å². The summed E-state index contributed by atoms with van der Waals surface area (Å²) in [6.45, 7) is 1.64. The number of aryl methyl sites for hydroxylation is 1. The lowest BCUT2D eigenvalue weighted by Gasteiger charge is -2.25. The fourth-order valence-electron chi connectivity index (χ4n) is 3.96. The molecule has 0 radical (unpaired) electrons. The van der Waals surface area contributed by atoms with Crippen LogP contribution in [0, 0.1) is 5.82 Å². The molecular formula is C24H21F4NO3S. The third-order valence-electron chi connectivity index (χ3n) is 5.57. The van der Waals surface area contributed by atoms with Gasteiger partial charge in [-0.3, -0.25) is 4.31 Å². The predicted octanol–water partition coefficient (Wildman–Crippen LogP) is 6.13. The molecule has 0 spiro atoms. The maximum Gasteiger partial charge on any atom is 0.416 e. The minimum Gasteiger partial charge on any atom is -0.486 e. The van der Waals surface area contributed by atoms with Crippen LogP contribution in [-0.4, -0.2) is 15.0 Å². The number of nitrogens with zero attached hydrogens (tertiary/aromatic N) is 1. The van der Waals surface area contributed by atoms with Gasteiger partial charge in [0.2, 0.25) is 0 Å². The number of anilines is 1. The fraction of sp³-hybridized carbons (Fsp3) is 0.250. The van der Waals surface area contributed by atoms with E-state index in [1.54, 1.807) is 19.1 Å². The molecule has 1 unspecified atom stereocenters. The minimum absolute atomic E-state index is 0.0286. The Bertz CT molecular complexity index is 1260. The maximum atomic E-state index is 13.2. The summed E-state index contributed by atoms with van der Waals surface area (Å²) in [5, 5.41) is 0. The van der Waals surface area contributed by atoms with Crippen molar-refractivity contribution >= 4 is 15.7 Å². The summed E-state index contributed by atoms with van der Waals surface area (Å²) in [4.78, 5) is -0.432. The Kier molecular flexibility index (Phi) is 6.09. The number of sulfonamides is 1. The summed E-state index contributed by atoms with van der Waals surface area (Å²) in [6, 6.07) is 14.5. The highest BCUT2D eigenvalue weighted by atomic mass is 32.2. The quantitative estimate of drug-likeness (QED) is 0.400. The van der Waals surface area contributed by atoms with Crippen LogP contribution in [0.1, 0.15) is 36.1 Å². The van der Waals surface area contributed by atoms with E-state index in [4.69, 9.17) is 4.74 Å². The normalized spacial score (nSPS) is 15.8. The SMILES string of the molecule is CCN(c1ccc2c(c1)C(Oc1ccc(F)cc1)CC2)S(=O)(=O)c1cccc(C(F)(F)F)c1. The van der Waals surface area contributed by atoms with Crippen molar-refractivity contribution in [3.63, 3.8) is 0 Å². The molecule has 1 atom stereocenters. The van der Waals surface area contributed by atoms with Crippen LogP contribution >= 0.6 is 0 Å². The van der Waals surface area contributed by atoms with E-state index in [1.807, 2.05) is 6.07 Å². The fourth-order valence-corrected chi connectivity index (χ4v) is 5.47. The second-order valence-corrected chi connectivity index (χ2v) is 9.54. The maximum absolute atomic E-state index is 13.2. The highest BCUT2D eigenvalue weighted by molar-refractivity contribution is 7.92. The van der Waals surface area contributed by atoms with Gasteiger partial charge < -0.3 is 4.74 Å². The van der Waals surface area contributed by atoms with Gasteiger partial charge in [-0.1, -0.05) is 12.1 Å². The second kappa shape index (κ2) is 8.70. The summed E-state index contributed by atoms with van der Waals surface area (Å²) in [5.41, 5.74) is 1.11. The lowest BCUT2D eigenvalue weighted by molar-refractivity contribution is -0.137. The van der Waals surface area contributed by atoms with Crippen LogP contribution in [0.5, 0.6) is 5.75 Å². The van der Waals surface area contributed by atoms with Crippen molar-refractivity contribution < 1.29 is 30.7 Å². The molecule has 174 valence electrons. The Labute approximate surface area is 189 Å². The lowest BCUT2D eigenvalue weighted by Crippen LogP contribution is -2.31. The number of fused-ring (bicyclic) bond motifs is 1. The third kappa shape index (κ3) is 4.68. The summed E-state index contributed by atoms with van der Waals surface area (Å²) in [6.07, 6.45) is -3.60. The highest BCUT2D eigenvalue weighted by Crippen LogP contribution is 2.38. The molecule has 0 saturated heterocycles. The monoisotopic (exact) mass is 479 g/mol. The van der Waals surface area contributed by atoms with Crippen molar-refractivity contribution in [3.05, 3.63) is 89.2 Å². The molecule has 1 aliphatic carbocycles. The molecule has 0 aromatic heterocycles. The molecule has 0 bridgehead atoms. The average Bonchev–Trinajstić information content (AvgIpc) is 3.17. The Morgan fingerprint density at radius 3 is 2.42 bits per heavy atom. The predicted molar refractivity (Wildman–Crippen MR) is 116 cm³/mol. The van der Waals surface area contributed by atoms with Crippen molar-refractivity contribution in [1.82, 2.24) is 0 Å². The Morgan fingerprint density at radius 2 is 1.76 bits per heavy atom. The molecule has 4 nitrogen and oxygen atoms in total. The molecule has 0 aliphatic heterocycles. The van der Waals surface area contributed by atoms with E-state index in [0.717, 1.165) is 40.1 Å². The van der Waals surface area contributed by atoms with Gasteiger partial charge in [0, 0.05) is 6.54 Å². The molecule has 0 heterocycles. The number of hydrogen-bond acceptors (Lipinski definition) is 3. The largest absolute Gasteiger partial charge is 0.486 e. The van der Waals surface area contributed by atoms with Gasteiger partial charge in [0.15, 0.2) is 0 Å². The Balaban J connectivity index is 1.66. The van der Waals surface area contributed by atoms with Gasteiger partial charge in [-0.15, -0.1) is 0 Å². The summed E-state index contributed by atoms with van der Waals surface area (Å²) in [5.74, 6) is 0.110. The van der Waals surface area contributed by atoms with Crippen LogP contribution < -0.4 is 9.04 Å². The second-order valence-electron chi connectivity index (χ2n) is 7.68. The average molecular weight is 479 g/mol. The molecule has 1 aliphatic rings. The van der Waals surface area contributed by atoms with Crippen molar-refractivity contribution in [2.24, 2.45) is 0 Å². The lowest BCUT2D eigenvalue weighted by atomic mass is 10.1. The van der Waals surface area contributed by atoms with Gasteiger partial charge in [-0.05, 0) is 85.5 Å². The van der Waals surface area contributed by atoms with E-state index < -0.39 is 26.7 Å². The van der Waals surface area contributed by atoms with Crippen LogP contribution in [0.25, 0.3) is 0 Å². The Morgan fingerprint density at radius 1 is 1.03 bits per heavy atom. The smallest absolute Gasteiger partial charge is 0.416 e. The van der Waals surface area contributed by atoms with Gasteiger partial charge in [0.1, 0.15) is 17.7 Å². The Hall–Kier alpha value is -3.07. The summed E-state index contributed by atoms with van der Waals surface area (Å²) in [7, 11) is -4.23. The summed E-state index contributed by atoms with van der Waals surface area (Å²) >= 11 is 0. The van der Waals surface area contributed by atoms with Crippen molar-refractivity contribution in [3.8, 4) is 5.75 Å². The molecule has 4 rings (SSSR count). The first-order valence-electron chi connectivity index (χ1n) is 10.3. The van der Waals surface area contributed by atoms with Crippen molar-refractivity contribution in [2.75, 3.05) is 10.8 Å². The molecular weight excluding hydrogens is 458 g/mol. The zero-order chi connectivity index (χ0) is 23.8. The molecule has 3 aromatic rings. The zero-order valence-corrected chi connectivity index (χ0v) is 18.5. The van der Waals surface area contributed by atoms with E-state index >= 15 is 0 Å². The molecule has 0 N–H and O–H groups in total. The number of ether oxygens (including phenoxy) is 1. The van der Waals surface area contributed by atoms with Crippen molar-refractivity contribution in [2.45, 2.75) is 36.9 Å². The van der Waals surface area contributed by atoms with Gasteiger partial charge in [-0.25, -0.2) is 12.8 Å². The number of benzene rings is 3. The number of rotatable bonds is 6. The highest BCUT2D eigenvalue weighted by Gasteiger charge is 2.33. The molecule has 0 saturated carbocycles. The van der Waals surface area contributed by atoms with E-state index in [9.17, 15) is 26.0 Å². The van der Waals surface area contributed by atoms with Gasteiger partial charge >= 0.3 is 6.18 Å². The number of alkyl halides is 3. The van der Waals surface area contributed by atoms with E-state index in [-0.39, 0.29) is 18.5 Å². The van der Waals surface area contributed by atoms with E-state index in [1.165, 1.54) is 24.3 Å². The first-order chi connectivity index (χ1) is 15.6. The van der Waals surface area contributed by atoms with Crippen LogP contribution in [0.4, 0.5) is 23.2 Å². The first kappa shape index (κ1) is 23.1. The van der Waals surface area contributed by atoms with Gasteiger partial charge in [0.25, 0.3) is 10.0 Å². The number of halogens is 4. The van der Waals surface area contributed by atoms with Crippen molar-refractivity contribution in [1.29, 1.82) is 0 Å². The molecule has 3 aromatic carbocycles. The van der Waals surface area contributed by atoms with Gasteiger partial charge in [-0.2, -0.15) is 13.2 Å².